The molecule has 1 aromatic heterocycles. The minimum absolute atomic E-state index is 0.130. The van der Waals surface area contributed by atoms with Gasteiger partial charge in [0.25, 0.3) is 0 Å². The average Bonchev–Trinajstić information content (AvgIpc) is 2.34. The molecule has 0 fully saturated rings. The van der Waals surface area contributed by atoms with Gasteiger partial charge < -0.3 is 10.1 Å². The smallest absolute Gasteiger partial charge is 0.213 e. The third kappa shape index (κ3) is 7.16. The Kier molecular flexibility index (Phi) is 6.29. The number of hydrogen-bond acceptors (Lipinski definition) is 3. The molecule has 3 nitrogen and oxygen atoms in total. The summed E-state index contributed by atoms with van der Waals surface area (Å²) in [5, 5.41) is 3.44. The molecule has 1 rings (SSSR count). The zero-order valence-corrected chi connectivity index (χ0v) is 13.0. The summed E-state index contributed by atoms with van der Waals surface area (Å²) in [6, 6.07) is 4.03. The molecular weight excluding hydrogens is 236 g/mol. The summed E-state index contributed by atoms with van der Waals surface area (Å²) in [5.41, 5.74) is 1.31. The second kappa shape index (κ2) is 7.49. The Bertz CT molecular complexity index is 354. The van der Waals surface area contributed by atoms with E-state index < -0.39 is 0 Å². The summed E-state index contributed by atoms with van der Waals surface area (Å²) in [7, 11) is 0. The number of ether oxygens (including phenoxy) is 1. The van der Waals surface area contributed by atoms with Crippen molar-refractivity contribution in [1.82, 2.24) is 10.3 Å². The number of aromatic nitrogens is 1. The van der Waals surface area contributed by atoms with E-state index in [0.29, 0.717) is 5.92 Å². The molecule has 0 saturated heterocycles. The molecule has 1 aromatic rings. The topological polar surface area (TPSA) is 34.1 Å². The fourth-order valence-corrected chi connectivity index (χ4v) is 1.77. The molecule has 19 heavy (non-hydrogen) atoms. The van der Waals surface area contributed by atoms with Crippen molar-refractivity contribution < 1.29 is 4.74 Å². The van der Waals surface area contributed by atoms with E-state index in [1.165, 1.54) is 18.4 Å². The summed E-state index contributed by atoms with van der Waals surface area (Å²) in [6.45, 7) is 12.5. The standard InChI is InChI=1S/C16H28N2O/c1-6-7-13(2)12-19-15-9-8-14(10-17-15)11-18-16(3,4)5/h8-10,13,18H,6-7,11-12H2,1-5H3. The molecule has 108 valence electrons. The summed E-state index contributed by atoms with van der Waals surface area (Å²) in [6.07, 6.45) is 4.29. The molecule has 0 saturated carbocycles. The molecule has 0 aliphatic rings. The molecule has 1 N–H and O–H groups in total. The van der Waals surface area contributed by atoms with E-state index in [1.807, 2.05) is 12.3 Å². The SMILES string of the molecule is CCCC(C)COc1ccc(CNC(C)(C)C)cn1. The molecule has 0 aromatic carbocycles. The first-order chi connectivity index (χ1) is 8.90. The lowest BCUT2D eigenvalue weighted by atomic mass is 10.1. The molecule has 0 amide bonds. The number of pyridine rings is 1. The van der Waals surface area contributed by atoms with Crippen LogP contribution in [0.4, 0.5) is 0 Å². The van der Waals surface area contributed by atoms with Crippen LogP contribution in [0.1, 0.15) is 53.0 Å². The highest BCUT2D eigenvalue weighted by atomic mass is 16.5. The van der Waals surface area contributed by atoms with E-state index in [-0.39, 0.29) is 5.54 Å². The van der Waals surface area contributed by atoms with Gasteiger partial charge >= 0.3 is 0 Å². The van der Waals surface area contributed by atoms with E-state index in [9.17, 15) is 0 Å². The van der Waals surface area contributed by atoms with Gasteiger partial charge in [0.2, 0.25) is 5.88 Å². The second-order valence-corrected chi connectivity index (χ2v) is 6.31. The van der Waals surface area contributed by atoms with Crippen molar-refractivity contribution in [3.63, 3.8) is 0 Å². The first kappa shape index (κ1) is 16.0. The Morgan fingerprint density at radius 2 is 2.05 bits per heavy atom. The number of nitrogens with zero attached hydrogens (tertiary/aromatic N) is 1. The fraction of sp³-hybridized carbons (Fsp3) is 0.688. The molecule has 0 aliphatic heterocycles. The van der Waals surface area contributed by atoms with Crippen molar-refractivity contribution in [3.05, 3.63) is 23.9 Å². The Labute approximate surface area is 117 Å². The van der Waals surface area contributed by atoms with Gasteiger partial charge in [0.1, 0.15) is 0 Å². The molecule has 1 atom stereocenters. The summed E-state index contributed by atoms with van der Waals surface area (Å²) < 4.78 is 5.69. The fourth-order valence-electron chi connectivity index (χ4n) is 1.77. The molecule has 0 bridgehead atoms. The summed E-state index contributed by atoms with van der Waals surface area (Å²) in [5.74, 6) is 1.32. The molecule has 0 spiro atoms. The van der Waals surface area contributed by atoms with Gasteiger partial charge in [-0.05, 0) is 38.7 Å². The van der Waals surface area contributed by atoms with E-state index in [4.69, 9.17) is 4.74 Å². The van der Waals surface area contributed by atoms with Crippen molar-refractivity contribution >= 4 is 0 Å². The maximum Gasteiger partial charge on any atom is 0.213 e. The first-order valence-electron chi connectivity index (χ1n) is 7.23. The lowest BCUT2D eigenvalue weighted by Gasteiger charge is -2.20. The van der Waals surface area contributed by atoms with Crippen LogP contribution in [0.25, 0.3) is 0 Å². The molecule has 3 heteroatoms. The molecular formula is C16H28N2O. The Balaban J connectivity index is 2.39. The maximum atomic E-state index is 5.69. The predicted molar refractivity (Wildman–Crippen MR) is 80.4 cm³/mol. The molecule has 0 aliphatic carbocycles. The van der Waals surface area contributed by atoms with Crippen LogP contribution < -0.4 is 10.1 Å². The van der Waals surface area contributed by atoms with E-state index >= 15 is 0 Å². The van der Waals surface area contributed by atoms with E-state index in [1.54, 1.807) is 0 Å². The van der Waals surface area contributed by atoms with Crippen LogP contribution >= 0.6 is 0 Å². The van der Waals surface area contributed by atoms with Gasteiger partial charge in [0, 0.05) is 24.3 Å². The predicted octanol–water partition coefficient (Wildman–Crippen LogP) is 3.78. The number of hydrogen-bond donors (Lipinski definition) is 1. The van der Waals surface area contributed by atoms with Crippen LogP contribution in [-0.2, 0) is 6.54 Å². The highest BCUT2D eigenvalue weighted by molar-refractivity contribution is 5.17. The van der Waals surface area contributed by atoms with Gasteiger partial charge in [-0.1, -0.05) is 26.3 Å². The Morgan fingerprint density at radius 3 is 2.58 bits per heavy atom. The van der Waals surface area contributed by atoms with Crippen LogP contribution in [-0.4, -0.2) is 17.1 Å². The van der Waals surface area contributed by atoms with Crippen LogP contribution in [0, 0.1) is 5.92 Å². The number of nitrogens with one attached hydrogen (secondary N) is 1. The van der Waals surface area contributed by atoms with Gasteiger partial charge in [-0.2, -0.15) is 0 Å². The third-order valence-electron chi connectivity index (χ3n) is 2.92. The van der Waals surface area contributed by atoms with Crippen molar-refractivity contribution in [3.8, 4) is 5.88 Å². The minimum Gasteiger partial charge on any atom is -0.477 e. The highest BCUT2D eigenvalue weighted by Crippen LogP contribution is 2.12. The van der Waals surface area contributed by atoms with Crippen molar-refractivity contribution in [2.24, 2.45) is 5.92 Å². The lowest BCUT2D eigenvalue weighted by Crippen LogP contribution is -2.35. The lowest BCUT2D eigenvalue weighted by molar-refractivity contribution is 0.243. The monoisotopic (exact) mass is 264 g/mol. The zero-order valence-electron chi connectivity index (χ0n) is 13.0. The van der Waals surface area contributed by atoms with Crippen LogP contribution in [0.3, 0.4) is 0 Å². The Hall–Kier alpha value is -1.09. The van der Waals surface area contributed by atoms with Gasteiger partial charge in [0.05, 0.1) is 6.61 Å². The van der Waals surface area contributed by atoms with Gasteiger partial charge in [0.15, 0.2) is 0 Å². The minimum atomic E-state index is 0.130. The van der Waals surface area contributed by atoms with Gasteiger partial charge in [-0.15, -0.1) is 0 Å². The molecule has 1 heterocycles. The average molecular weight is 264 g/mol. The van der Waals surface area contributed by atoms with Crippen LogP contribution in [0.5, 0.6) is 5.88 Å². The zero-order chi connectivity index (χ0) is 14.3. The van der Waals surface area contributed by atoms with Crippen molar-refractivity contribution in [2.75, 3.05) is 6.61 Å². The van der Waals surface area contributed by atoms with Crippen molar-refractivity contribution in [1.29, 1.82) is 0 Å². The molecule has 1 unspecified atom stereocenters. The largest absolute Gasteiger partial charge is 0.477 e. The van der Waals surface area contributed by atoms with Crippen molar-refractivity contribution in [2.45, 2.75) is 59.5 Å². The van der Waals surface area contributed by atoms with Gasteiger partial charge in [-0.25, -0.2) is 4.98 Å². The number of rotatable bonds is 7. The molecule has 0 radical (unpaired) electrons. The van der Waals surface area contributed by atoms with E-state index in [2.05, 4.69) is 51.0 Å². The quantitative estimate of drug-likeness (QED) is 0.813. The van der Waals surface area contributed by atoms with Gasteiger partial charge in [-0.3, -0.25) is 0 Å². The first-order valence-corrected chi connectivity index (χ1v) is 7.23. The third-order valence-corrected chi connectivity index (χ3v) is 2.92. The summed E-state index contributed by atoms with van der Waals surface area (Å²) in [4.78, 5) is 4.35. The van der Waals surface area contributed by atoms with Crippen LogP contribution in [0.15, 0.2) is 18.3 Å². The maximum absolute atomic E-state index is 5.69. The van der Waals surface area contributed by atoms with Crippen LogP contribution in [0.2, 0.25) is 0 Å². The normalized spacial score (nSPS) is 13.3. The highest BCUT2D eigenvalue weighted by Gasteiger charge is 2.08. The van der Waals surface area contributed by atoms with E-state index in [0.717, 1.165) is 19.0 Å². The Morgan fingerprint density at radius 1 is 1.32 bits per heavy atom. The summed E-state index contributed by atoms with van der Waals surface area (Å²) >= 11 is 0. The second-order valence-electron chi connectivity index (χ2n) is 6.31.